The van der Waals surface area contributed by atoms with E-state index in [2.05, 4.69) is 22.1 Å². The molecule has 0 fully saturated rings. The van der Waals surface area contributed by atoms with Crippen molar-refractivity contribution in [2.45, 2.75) is 26.2 Å². The molecule has 0 aliphatic carbocycles. The topological polar surface area (TPSA) is 71.5 Å². The molecule has 1 rings (SSSR count). The van der Waals surface area contributed by atoms with Crippen LogP contribution in [0.4, 0.5) is 5.82 Å². The molecule has 1 aromatic heterocycles. The summed E-state index contributed by atoms with van der Waals surface area (Å²) in [5.41, 5.74) is 0.756. The van der Waals surface area contributed by atoms with Crippen LogP contribution in [-0.2, 0) is 9.53 Å². The molecule has 1 heterocycles. The molecule has 5 nitrogen and oxygen atoms in total. The van der Waals surface area contributed by atoms with Gasteiger partial charge in [-0.05, 0) is 18.6 Å². The molecule has 0 radical (unpaired) electrons. The number of hydrogen-bond acceptors (Lipinski definition) is 4. The van der Waals surface area contributed by atoms with Gasteiger partial charge in [-0.1, -0.05) is 18.8 Å². The Bertz CT molecular complexity index is 477. The Morgan fingerprint density at radius 3 is 3.10 bits per heavy atom. The van der Waals surface area contributed by atoms with Gasteiger partial charge >= 0.3 is 0 Å². The van der Waals surface area contributed by atoms with Gasteiger partial charge in [-0.3, -0.25) is 4.79 Å². The fourth-order valence-corrected chi connectivity index (χ4v) is 1.41. The number of amides is 1. The van der Waals surface area contributed by atoms with Gasteiger partial charge in [0.15, 0.2) is 0 Å². The summed E-state index contributed by atoms with van der Waals surface area (Å²) in [6.07, 6.45) is 3.27. The van der Waals surface area contributed by atoms with Crippen LogP contribution in [0.5, 0.6) is 0 Å². The van der Waals surface area contributed by atoms with E-state index in [4.69, 9.17) is 9.84 Å². The lowest BCUT2D eigenvalue weighted by Crippen LogP contribution is -2.15. The number of hydrogen-bond donors (Lipinski definition) is 2. The first-order valence-electron chi connectivity index (χ1n) is 6.69. The average molecular weight is 276 g/mol. The van der Waals surface area contributed by atoms with Crippen LogP contribution in [0.25, 0.3) is 0 Å². The number of carbonyl (C=O) groups excluding carboxylic acids is 1. The predicted octanol–water partition coefficient (Wildman–Crippen LogP) is 1.57. The summed E-state index contributed by atoms with van der Waals surface area (Å²) < 4.78 is 5.25. The number of carbonyl (C=O) groups is 1. The lowest BCUT2D eigenvalue weighted by atomic mass is 10.2. The summed E-state index contributed by atoms with van der Waals surface area (Å²) in [5, 5.41) is 11.4. The van der Waals surface area contributed by atoms with Crippen LogP contribution in [0.1, 0.15) is 31.7 Å². The van der Waals surface area contributed by atoms with Crippen molar-refractivity contribution in [2.24, 2.45) is 0 Å². The number of aliphatic hydroxyl groups excluding tert-OH is 1. The minimum atomic E-state index is -0.130. The van der Waals surface area contributed by atoms with E-state index in [9.17, 15) is 4.79 Å². The van der Waals surface area contributed by atoms with E-state index >= 15 is 0 Å². The van der Waals surface area contributed by atoms with Crippen molar-refractivity contribution >= 4 is 11.7 Å². The van der Waals surface area contributed by atoms with E-state index in [1.165, 1.54) is 0 Å². The first-order valence-corrected chi connectivity index (χ1v) is 6.69. The second-order valence-corrected chi connectivity index (χ2v) is 4.12. The number of pyridine rings is 1. The maximum atomic E-state index is 11.6. The first-order chi connectivity index (χ1) is 9.76. The summed E-state index contributed by atoms with van der Waals surface area (Å²) in [5.74, 6) is 6.06. The fourth-order valence-electron chi connectivity index (χ4n) is 1.41. The first kappa shape index (κ1) is 16.2. The SMILES string of the molecule is CCCOCCC(=O)Nc1cc(C#CCCO)ccn1. The zero-order chi connectivity index (χ0) is 14.6. The van der Waals surface area contributed by atoms with Crippen molar-refractivity contribution in [1.82, 2.24) is 4.98 Å². The molecule has 0 atom stereocenters. The largest absolute Gasteiger partial charge is 0.395 e. The summed E-state index contributed by atoms with van der Waals surface area (Å²) in [4.78, 5) is 15.7. The molecule has 0 aromatic carbocycles. The molecule has 0 saturated carbocycles. The van der Waals surface area contributed by atoms with Crippen molar-refractivity contribution in [3.63, 3.8) is 0 Å². The van der Waals surface area contributed by atoms with E-state index in [1.807, 2.05) is 6.92 Å². The number of ether oxygens (including phenoxy) is 1. The normalized spacial score (nSPS) is 9.70. The van der Waals surface area contributed by atoms with Crippen LogP contribution in [0.2, 0.25) is 0 Å². The highest BCUT2D eigenvalue weighted by atomic mass is 16.5. The lowest BCUT2D eigenvalue weighted by Gasteiger charge is -2.05. The van der Waals surface area contributed by atoms with Crippen molar-refractivity contribution in [3.05, 3.63) is 23.9 Å². The van der Waals surface area contributed by atoms with Crippen LogP contribution < -0.4 is 5.32 Å². The standard InChI is InChI=1S/C15H20N2O3/c1-2-10-20-11-7-15(19)17-14-12-13(6-8-16-14)5-3-4-9-18/h6,8,12,18H,2,4,7,9-11H2,1H3,(H,16,17,19). The van der Waals surface area contributed by atoms with Crippen LogP contribution in [0.15, 0.2) is 18.3 Å². The number of nitrogens with one attached hydrogen (secondary N) is 1. The van der Waals surface area contributed by atoms with Crippen LogP contribution in [-0.4, -0.2) is 35.8 Å². The molecule has 0 aliphatic heterocycles. The number of rotatable bonds is 7. The molecule has 0 aliphatic rings. The zero-order valence-corrected chi connectivity index (χ0v) is 11.7. The van der Waals surface area contributed by atoms with Gasteiger partial charge in [0.25, 0.3) is 0 Å². The molecule has 0 bridgehead atoms. The van der Waals surface area contributed by atoms with Gasteiger partial charge in [0.2, 0.25) is 5.91 Å². The third kappa shape index (κ3) is 6.88. The molecule has 5 heteroatoms. The Hall–Kier alpha value is -1.90. The van der Waals surface area contributed by atoms with Crippen molar-refractivity contribution in [3.8, 4) is 11.8 Å². The highest BCUT2D eigenvalue weighted by molar-refractivity contribution is 5.89. The molecular weight excluding hydrogens is 256 g/mol. The number of anilines is 1. The van der Waals surface area contributed by atoms with Gasteiger partial charge in [-0.15, -0.1) is 0 Å². The summed E-state index contributed by atoms with van der Waals surface area (Å²) in [6, 6.07) is 3.46. The lowest BCUT2D eigenvalue weighted by molar-refractivity contribution is -0.117. The maximum absolute atomic E-state index is 11.6. The predicted molar refractivity (Wildman–Crippen MR) is 77.2 cm³/mol. The highest BCUT2D eigenvalue weighted by Gasteiger charge is 2.03. The van der Waals surface area contributed by atoms with Crippen LogP contribution in [0, 0.1) is 11.8 Å². The minimum absolute atomic E-state index is 0.0411. The van der Waals surface area contributed by atoms with Gasteiger partial charge in [0.05, 0.1) is 19.6 Å². The van der Waals surface area contributed by atoms with Gasteiger partial charge in [0.1, 0.15) is 5.82 Å². The molecule has 0 unspecified atom stereocenters. The van der Waals surface area contributed by atoms with Gasteiger partial charge in [0, 0.05) is 24.8 Å². The summed E-state index contributed by atoms with van der Waals surface area (Å²) in [7, 11) is 0. The van der Waals surface area contributed by atoms with Gasteiger partial charge < -0.3 is 15.2 Å². The summed E-state index contributed by atoms with van der Waals surface area (Å²) >= 11 is 0. The minimum Gasteiger partial charge on any atom is -0.395 e. The van der Waals surface area contributed by atoms with E-state index in [0.29, 0.717) is 31.9 Å². The Morgan fingerprint density at radius 1 is 1.50 bits per heavy atom. The summed E-state index contributed by atoms with van der Waals surface area (Å²) in [6.45, 7) is 3.14. The second kappa shape index (κ2) is 9.96. The Labute approximate surface area is 119 Å². The molecule has 1 aromatic rings. The highest BCUT2D eigenvalue weighted by Crippen LogP contribution is 2.06. The van der Waals surface area contributed by atoms with Gasteiger partial charge in [-0.25, -0.2) is 4.98 Å². The van der Waals surface area contributed by atoms with E-state index < -0.39 is 0 Å². The van der Waals surface area contributed by atoms with E-state index in [-0.39, 0.29) is 12.5 Å². The Kier molecular flexibility index (Phi) is 8.04. The maximum Gasteiger partial charge on any atom is 0.227 e. The average Bonchev–Trinajstić information content (AvgIpc) is 2.44. The number of aliphatic hydroxyl groups is 1. The van der Waals surface area contributed by atoms with Gasteiger partial charge in [-0.2, -0.15) is 0 Å². The molecule has 2 N–H and O–H groups in total. The fraction of sp³-hybridized carbons (Fsp3) is 0.467. The molecule has 20 heavy (non-hydrogen) atoms. The van der Waals surface area contributed by atoms with Crippen molar-refractivity contribution in [2.75, 3.05) is 25.1 Å². The number of nitrogens with zero attached hydrogens (tertiary/aromatic N) is 1. The van der Waals surface area contributed by atoms with Crippen molar-refractivity contribution in [1.29, 1.82) is 0 Å². The Morgan fingerprint density at radius 2 is 2.35 bits per heavy atom. The third-order valence-corrected chi connectivity index (χ3v) is 2.32. The van der Waals surface area contributed by atoms with Crippen LogP contribution in [0.3, 0.4) is 0 Å². The molecule has 1 amide bonds. The van der Waals surface area contributed by atoms with E-state index in [0.717, 1.165) is 12.0 Å². The van der Waals surface area contributed by atoms with Crippen molar-refractivity contribution < 1.29 is 14.6 Å². The zero-order valence-electron chi connectivity index (χ0n) is 11.7. The Balaban J connectivity index is 2.45. The third-order valence-electron chi connectivity index (χ3n) is 2.32. The molecular formula is C15H20N2O3. The van der Waals surface area contributed by atoms with Crippen LogP contribution >= 0.6 is 0 Å². The smallest absolute Gasteiger partial charge is 0.227 e. The number of aromatic nitrogens is 1. The molecule has 0 saturated heterocycles. The van der Waals surface area contributed by atoms with E-state index in [1.54, 1.807) is 18.3 Å². The quantitative estimate of drug-likeness (QED) is 0.586. The second-order valence-electron chi connectivity index (χ2n) is 4.12. The monoisotopic (exact) mass is 276 g/mol. The molecule has 108 valence electrons. The molecule has 0 spiro atoms.